The number of thiocarbonyl (C=S) groups is 1. The number of hydrogen-bond acceptors (Lipinski definition) is 4. The SMILES string of the molecule is Cc1ccc(N2CCCN(CCO)CC2)c(C(N)=S)c1. The van der Waals surface area contributed by atoms with E-state index >= 15 is 0 Å². The first-order chi connectivity index (χ1) is 9.61. The molecule has 2 rings (SSSR count). The molecule has 1 aliphatic rings. The molecule has 1 aromatic carbocycles. The third kappa shape index (κ3) is 3.69. The molecule has 4 nitrogen and oxygen atoms in total. The average Bonchev–Trinajstić information content (AvgIpc) is 2.65. The van der Waals surface area contributed by atoms with Crippen LogP contribution in [0.4, 0.5) is 5.69 Å². The maximum atomic E-state index is 9.05. The van der Waals surface area contributed by atoms with Gasteiger partial charge in [0, 0.05) is 37.4 Å². The van der Waals surface area contributed by atoms with Gasteiger partial charge in [0.1, 0.15) is 4.99 Å². The Morgan fingerprint density at radius 1 is 1.30 bits per heavy atom. The van der Waals surface area contributed by atoms with E-state index in [1.165, 1.54) is 5.56 Å². The number of nitrogens with zero attached hydrogens (tertiary/aromatic N) is 2. The Balaban J connectivity index is 2.17. The minimum atomic E-state index is 0.225. The minimum absolute atomic E-state index is 0.225. The Morgan fingerprint density at radius 2 is 2.10 bits per heavy atom. The third-order valence-electron chi connectivity index (χ3n) is 3.76. The van der Waals surface area contributed by atoms with E-state index in [4.69, 9.17) is 23.1 Å². The lowest BCUT2D eigenvalue weighted by Crippen LogP contribution is -2.33. The zero-order valence-electron chi connectivity index (χ0n) is 12.0. The average molecular weight is 293 g/mol. The highest BCUT2D eigenvalue weighted by Gasteiger charge is 2.17. The van der Waals surface area contributed by atoms with E-state index in [0.29, 0.717) is 4.99 Å². The van der Waals surface area contributed by atoms with Crippen molar-refractivity contribution in [2.24, 2.45) is 5.73 Å². The normalized spacial score (nSPS) is 17.0. The van der Waals surface area contributed by atoms with Crippen LogP contribution in [0.2, 0.25) is 0 Å². The van der Waals surface area contributed by atoms with Crippen LogP contribution in [-0.4, -0.2) is 54.3 Å². The zero-order valence-corrected chi connectivity index (χ0v) is 12.8. The molecule has 5 heteroatoms. The molecule has 110 valence electrons. The Labute approximate surface area is 126 Å². The molecule has 1 aliphatic heterocycles. The second kappa shape index (κ2) is 7.02. The lowest BCUT2D eigenvalue weighted by Gasteiger charge is -2.26. The number of anilines is 1. The van der Waals surface area contributed by atoms with Gasteiger partial charge in [0.2, 0.25) is 0 Å². The van der Waals surface area contributed by atoms with Gasteiger partial charge in [0.05, 0.1) is 6.61 Å². The van der Waals surface area contributed by atoms with Gasteiger partial charge in [-0.25, -0.2) is 0 Å². The monoisotopic (exact) mass is 293 g/mol. The molecular weight excluding hydrogens is 270 g/mol. The molecule has 0 atom stereocenters. The molecule has 0 bridgehead atoms. The molecule has 0 unspecified atom stereocenters. The summed E-state index contributed by atoms with van der Waals surface area (Å²) in [7, 11) is 0. The molecular formula is C15H23N3OS. The maximum Gasteiger partial charge on any atom is 0.106 e. The van der Waals surface area contributed by atoms with Gasteiger partial charge < -0.3 is 15.7 Å². The molecule has 1 saturated heterocycles. The van der Waals surface area contributed by atoms with Crippen molar-refractivity contribution in [1.29, 1.82) is 0 Å². The second-order valence-corrected chi connectivity index (χ2v) is 5.73. The van der Waals surface area contributed by atoms with Crippen molar-refractivity contribution in [3.05, 3.63) is 29.3 Å². The van der Waals surface area contributed by atoms with Crippen molar-refractivity contribution in [3.63, 3.8) is 0 Å². The Bertz CT molecular complexity index is 478. The van der Waals surface area contributed by atoms with Gasteiger partial charge in [-0.05, 0) is 32.0 Å². The lowest BCUT2D eigenvalue weighted by molar-refractivity contribution is 0.204. The van der Waals surface area contributed by atoms with Crippen LogP contribution in [0.15, 0.2) is 18.2 Å². The summed E-state index contributed by atoms with van der Waals surface area (Å²) in [4.78, 5) is 5.11. The minimum Gasteiger partial charge on any atom is -0.395 e. The van der Waals surface area contributed by atoms with Gasteiger partial charge in [-0.15, -0.1) is 0 Å². The predicted molar refractivity (Wildman–Crippen MR) is 87.4 cm³/mol. The standard InChI is InChI=1S/C15H23N3OS/c1-12-3-4-14(13(11-12)15(16)20)18-6-2-5-17(7-8-18)9-10-19/h3-4,11,19H,2,5-10H2,1H3,(H2,16,20). The van der Waals surface area contributed by atoms with Crippen LogP contribution in [0.5, 0.6) is 0 Å². The van der Waals surface area contributed by atoms with Crippen molar-refractivity contribution in [2.75, 3.05) is 44.2 Å². The lowest BCUT2D eigenvalue weighted by atomic mass is 10.1. The third-order valence-corrected chi connectivity index (χ3v) is 3.98. The van der Waals surface area contributed by atoms with Gasteiger partial charge in [0.25, 0.3) is 0 Å². The van der Waals surface area contributed by atoms with Crippen molar-refractivity contribution in [3.8, 4) is 0 Å². The highest BCUT2D eigenvalue weighted by molar-refractivity contribution is 7.80. The molecule has 1 fully saturated rings. The van der Waals surface area contributed by atoms with E-state index in [1.807, 2.05) is 0 Å². The van der Waals surface area contributed by atoms with Crippen LogP contribution in [0.25, 0.3) is 0 Å². The summed E-state index contributed by atoms with van der Waals surface area (Å²) in [5.74, 6) is 0. The molecule has 1 heterocycles. The first-order valence-electron chi connectivity index (χ1n) is 7.10. The number of nitrogens with two attached hydrogens (primary N) is 1. The summed E-state index contributed by atoms with van der Waals surface area (Å²) in [6.07, 6.45) is 1.09. The van der Waals surface area contributed by atoms with Gasteiger partial charge >= 0.3 is 0 Å². The van der Waals surface area contributed by atoms with Crippen LogP contribution in [0, 0.1) is 6.92 Å². The molecule has 3 N–H and O–H groups in total. The summed E-state index contributed by atoms with van der Waals surface area (Å²) in [6, 6.07) is 6.28. The van der Waals surface area contributed by atoms with Crippen LogP contribution in [0.1, 0.15) is 17.5 Å². The van der Waals surface area contributed by atoms with Crippen molar-refractivity contribution in [1.82, 2.24) is 4.90 Å². The number of β-amino-alcohol motifs (C(OH)–C–C–N with tert-alkyl or cyclic N) is 1. The number of aliphatic hydroxyl groups is 1. The van der Waals surface area contributed by atoms with E-state index in [9.17, 15) is 0 Å². The first-order valence-corrected chi connectivity index (χ1v) is 7.51. The number of benzene rings is 1. The number of hydrogen-bond donors (Lipinski definition) is 2. The number of rotatable bonds is 4. The van der Waals surface area contributed by atoms with Gasteiger partial charge in [-0.1, -0.05) is 23.8 Å². The molecule has 0 radical (unpaired) electrons. The highest BCUT2D eigenvalue weighted by atomic mass is 32.1. The molecule has 0 amide bonds. The fraction of sp³-hybridized carbons (Fsp3) is 0.533. The van der Waals surface area contributed by atoms with Crippen LogP contribution in [-0.2, 0) is 0 Å². The quantitative estimate of drug-likeness (QED) is 0.815. The van der Waals surface area contributed by atoms with E-state index in [2.05, 4.69) is 34.9 Å². The van der Waals surface area contributed by atoms with E-state index in [1.54, 1.807) is 0 Å². The van der Waals surface area contributed by atoms with Crippen molar-refractivity contribution in [2.45, 2.75) is 13.3 Å². The van der Waals surface area contributed by atoms with Crippen molar-refractivity contribution >= 4 is 22.9 Å². The number of aryl methyl sites for hydroxylation is 1. The Hall–Kier alpha value is -1.17. The van der Waals surface area contributed by atoms with E-state index in [-0.39, 0.29) is 6.61 Å². The second-order valence-electron chi connectivity index (χ2n) is 5.29. The molecule has 1 aromatic rings. The zero-order chi connectivity index (χ0) is 14.5. The largest absolute Gasteiger partial charge is 0.395 e. The van der Waals surface area contributed by atoms with Crippen LogP contribution >= 0.6 is 12.2 Å². The maximum absolute atomic E-state index is 9.05. The molecule has 0 saturated carbocycles. The number of aliphatic hydroxyl groups excluding tert-OH is 1. The predicted octanol–water partition coefficient (Wildman–Crippen LogP) is 1.13. The molecule has 0 aliphatic carbocycles. The fourth-order valence-electron chi connectivity index (χ4n) is 2.70. The van der Waals surface area contributed by atoms with Crippen molar-refractivity contribution < 1.29 is 5.11 Å². The highest BCUT2D eigenvalue weighted by Crippen LogP contribution is 2.23. The van der Waals surface area contributed by atoms with E-state index in [0.717, 1.165) is 50.4 Å². The van der Waals surface area contributed by atoms with Crippen LogP contribution in [0.3, 0.4) is 0 Å². The smallest absolute Gasteiger partial charge is 0.106 e. The topological polar surface area (TPSA) is 52.7 Å². The van der Waals surface area contributed by atoms with E-state index < -0.39 is 0 Å². The summed E-state index contributed by atoms with van der Waals surface area (Å²) in [6.45, 7) is 6.97. The van der Waals surface area contributed by atoms with Gasteiger partial charge in [-0.3, -0.25) is 4.90 Å². The van der Waals surface area contributed by atoms with Crippen LogP contribution < -0.4 is 10.6 Å². The fourth-order valence-corrected chi connectivity index (χ4v) is 2.86. The Morgan fingerprint density at radius 3 is 2.80 bits per heavy atom. The first kappa shape index (κ1) is 15.2. The van der Waals surface area contributed by atoms with Gasteiger partial charge in [0.15, 0.2) is 0 Å². The molecule has 20 heavy (non-hydrogen) atoms. The summed E-state index contributed by atoms with van der Waals surface area (Å²) >= 11 is 5.18. The summed E-state index contributed by atoms with van der Waals surface area (Å²) in [5.41, 5.74) is 9.14. The summed E-state index contributed by atoms with van der Waals surface area (Å²) < 4.78 is 0. The summed E-state index contributed by atoms with van der Waals surface area (Å²) in [5, 5.41) is 9.05. The Kier molecular flexibility index (Phi) is 5.34. The molecule has 0 spiro atoms. The molecule has 0 aromatic heterocycles. The van der Waals surface area contributed by atoms with Gasteiger partial charge in [-0.2, -0.15) is 0 Å².